The van der Waals surface area contributed by atoms with Crippen LogP contribution in [0.4, 0.5) is 11.4 Å². The first-order valence-corrected chi connectivity index (χ1v) is 21.4. The Bertz CT molecular complexity index is 3550. The molecule has 2 unspecified atom stereocenters. The molecule has 13 rings (SSSR count). The maximum atomic E-state index is 7.00. The number of aromatic nitrogens is 4. The van der Waals surface area contributed by atoms with Crippen LogP contribution in [-0.4, -0.2) is 25.6 Å². The molecule has 2 atom stereocenters. The van der Waals surface area contributed by atoms with Gasteiger partial charge in [0, 0.05) is 44.6 Å². The summed E-state index contributed by atoms with van der Waals surface area (Å²) in [5.74, 6) is 2.58. The third-order valence-corrected chi connectivity index (χ3v) is 12.8. The van der Waals surface area contributed by atoms with E-state index in [0.29, 0.717) is 17.6 Å². The lowest BCUT2D eigenvalue weighted by Crippen LogP contribution is -2.30. The van der Waals surface area contributed by atoms with E-state index in [4.69, 9.17) is 19.4 Å². The number of benzene rings is 8. The quantitative estimate of drug-likeness (QED) is 0.167. The van der Waals surface area contributed by atoms with Gasteiger partial charge >= 0.3 is 0 Å². The SMILES string of the molecule is C1=CC2C(c3ccccc3N2c2cccc(-c3ccccc3)c2)c2c1oc1c(-c3nc(-c4cccc(-c5ccccc5)c4)nc(-n4c5ccccc5c5ccccc54)n3)cccc21. The number of para-hydroxylation sites is 4. The largest absolute Gasteiger partial charge is 0.456 e. The highest BCUT2D eigenvalue weighted by Gasteiger charge is 2.43. The van der Waals surface area contributed by atoms with Crippen LogP contribution in [0.15, 0.2) is 211 Å². The van der Waals surface area contributed by atoms with Crippen molar-refractivity contribution in [2.75, 3.05) is 4.90 Å². The average molecular weight is 808 g/mol. The molecular weight excluding hydrogens is 771 g/mol. The molecule has 63 heavy (non-hydrogen) atoms. The van der Waals surface area contributed by atoms with E-state index in [9.17, 15) is 0 Å². The normalized spacial score (nSPS) is 15.2. The molecule has 6 heteroatoms. The number of nitrogens with zero attached hydrogens (tertiary/aromatic N) is 5. The highest BCUT2D eigenvalue weighted by atomic mass is 16.3. The maximum Gasteiger partial charge on any atom is 0.238 e. The third kappa shape index (κ3) is 5.62. The summed E-state index contributed by atoms with van der Waals surface area (Å²) in [4.78, 5) is 18.4. The van der Waals surface area contributed by atoms with Gasteiger partial charge in [-0.3, -0.25) is 4.57 Å². The molecule has 296 valence electrons. The maximum absolute atomic E-state index is 7.00. The summed E-state index contributed by atoms with van der Waals surface area (Å²) in [7, 11) is 0. The fourth-order valence-electron chi connectivity index (χ4n) is 10.0. The lowest BCUT2D eigenvalue weighted by atomic mass is 9.82. The van der Waals surface area contributed by atoms with Crippen molar-refractivity contribution in [3.8, 4) is 51.0 Å². The molecule has 0 amide bonds. The van der Waals surface area contributed by atoms with Gasteiger partial charge in [0.05, 0.1) is 22.6 Å². The molecule has 0 spiro atoms. The van der Waals surface area contributed by atoms with Crippen LogP contribution in [0.5, 0.6) is 0 Å². The Morgan fingerprint density at radius 3 is 1.81 bits per heavy atom. The number of anilines is 2. The van der Waals surface area contributed by atoms with Crippen LogP contribution in [0.25, 0.3) is 89.8 Å². The summed E-state index contributed by atoms with van der Waals surface area (Å²) in [5, 5.41) is 3.34. The van der Waals surface area contributed by atoms with Crippen molar-refractivity contribution < 1.29 is 4.42 Å². The van der Waals surface area contributed by atoms with Crippen LogP contribution in [0.1, 0.15) is 22.8 Å². The van der Waals surface area contributed by atoms with E-state index in [-0.39, 0.29) is 12.0 Å². The molecule has 0 bridgehead atoms. The van der Waals surface area contributed by atoms with Gasteiger partial charge in [-0.1, -0.05) is 164 Å². The Labute approximate surface area is 363 Å². The second-order valence-corrected chi connectivity index (χ2v) is 16.3. The van der Waals surface area contributed by atoms with Crippen LogP contribution < -0.4 is 4.90 Å². The fourth-order valence-corrected chi connectivity index (χ4v) is 10.0. The van der Waals surface area contributed by atoms with E-state index < -0.39 is 0 Å². The Kier molecular flexibility index (Phi) is 7.93. The molecule has 11 aromatic rings. The zero-order valence-corrected chi connectivity index (χ0v) is 34.0. The summed E-state index contributed by atoms with van der Waals surface area (Å²) in [6, 6.07) is 70.5. The predicted molar refractivity (Wildman–Crippen MR) is 255 cm³/mol. The van der Waals surface area contributed by atoms with Gasteiger partial charge in [0.1, 0.15) is 11.3 Å². The van der Waals surface area contributed by atoms with E-state index in [2.05, 4.69) is 216 Å². The standard InChI is InChI=1S/C57H37N5O/c1-3-16-36(17-4-1)38-20-13-22-40(34-38)55-58-56(60-57(59-55)62-47-29-10-7-24-42(47)43-25-8-11-30-48(43)62)46-28-15-27-45-53-51(63-54(45)46)33-32-50-52(53)44-26-9-12-31-49(44)61(50)41-23-14-21-39(35-41)37-18-5-2-6-19-37/h1-35,50,52H. The number of rotatable bonds is 6. The molecule has 0 radical (unpaired) electrons. The summed E-state index contributed by atoms with van der Waals surface area (Å²) in [6.07, 6.45) is 4.48. The zero-order chi connectivity index (χ0) is 41.4. The summed E-state index contributed by atoms with van der Waals surface area (Å²) >= 11 is 0. The summed E-state index contributed by atoms with van der Waals surface area (Å²) < 4.78 is 9.16. The Morgan fingerprint density at radius 2 is 1.05 bits per heavy atom. The minimum absolute atomic E-state index is 0.0425. The predicted octanol–water partition coefficient (Wildman–Crippen LogP) is 14.1. The molecule has 2 aliphatic rings. The Hall–Kier alpha value is -8.35. The van der Waals surface area contributed by atoms with E-state index in [1.807, 2.05) is 6.07 Å². The van der Waals surface area contributed by atoms with Gasteiger partial charge < -0.3 is 9.32 Å². The third-order valence-electron chi connectivity index (χ3n) is 12.8. The first-order valence-electron chi connectivity index (χ1n) is 21.4. The number of fused-ring (bicyclic) bond motifs is 10. The topological polar surface area (TPSA) is 60.0 Å². The number of hydrogen-bond donors (Lipinski definition) is 0. The average Bonchev–Trinajstić information content (AvgIpc) is 4.02. The van der Waals surface area contributed by atoms with Crippen molar-refractivity contribution in [2.45, 2.75) is 12.0 Å². The number of furan rings is 1. The number of hydrogen-bond acceptors (Lipinski definition) is 5. The van der Waals surface area contributed by atoms with E-state index in [1.54, 1.807) is 0 Å². The van der Waals surface area contributed by atoms with Crippen LogP contribution in [0.2, 0.25) is 0 Å². The monoisotopic (exact) mass is 807 g/mol. The lowest BCUT2D eigenvalue weighted by molar-refractivity contribution is 0.584. The van der Waals surface area contributed by atoms with Crippen LogP contribution in [0, 0.1) is 0 Å². The molecular formula is C57H37N5O. The van der Waals surface area contributed by atoms with Gasteiger partial charge in [0.25, 0.3) is 0 Å². The Balaban J connectivity index is 0.992. The summed E-state index contributed by atoms with van der Waals surface area (Å²) in [6.45, 7) is 0. The highest BCUT2D eigenvalue weighted by Crippen LogP contribution is 2.54. The second-order valence-electron chi connectivity index (χ2n) is 16.3. The van der Waals surface area contributed by atoms with E-state index in [0.717, 1.165) is 66.5 Å². The molecule has 0 saturated carbocycles. The van der Waals surface area contributed by atoms with Gasteiger partial charge in [0.15, 0.2) is 11.6 Å². The van der Waals surface area contributed by atoms with Gasteiger partial charge in [-0.15, -0.1) is 0 Å². The molecule has 0 N–H and O–H groups in total. The Morgan fingerprint density at radius 1 is 0.460 bits per heavy atom. The molecule has 1 aliphatic heterocycles. The molecule has 6 nitrogen and oxygen atoms in total. The van der Waals surface area contributed by atoms with Crippen molar-refractivity contribution in [3.63, 3.8) is 0 Å². The van der Waals surface area contributed by atoms with E-state index in [1.165, 1.54) is 27.9 Å². The van der Waals surface area contributed by atoms with Gasteiger partial charge in [0.2, 0.25) is 5.95 Å². The lowest BCUT2D eigenvalue weighted by Gasteiger charge is -2.30. The fraction of sp³-hybridized carbons (Fsp3) is 0.0351. The van der Waals surface area contributed by atoms with E-state index >= 15 is 0 Å². The van der Waals surface area contributed by atoms with Crippen molar-refractivity contribution >= 4 is 50.2 Å². The highest BCUT2D eigenvalue weighted by molar-refractivity contribution is 6.09. The smallest absolute Gasteiger partial charge is 0.238 e. The molecule has 8 aromatic carbocycles. The zero-order valence-electron chi connectivity index (χ0n) is 34.0. The van der Waals surface area contributed by atoms with Crippen LogP contribution in [0.3, 0.4) is 0 Å². The summed E-state index contributed by atoms with van der Waals surface area (Å²) in [5.41, 5.74) is 14.0. The minimum atomic E-state index is 0.0425. The minimum Gasteiger partial charge on any atom is -0.456 e. The van der Waals surface area contributed by atoms with Gasteiger partial charge in [-0.05, 0) is 76.4 Å². The molecule has 4 heterocycles. The van der Waals surface area contributed by atoms with Crippen LogP contribution in [-0.2, 0) is 0 Å². The molecule has 0 fully saturated rings. The molecule has 1 aliphatic carbocycles. The van der Waals surface area contributed by atoms with Crippen molar-refractivity contribution in [1.29, 1.82) is 0 Å². The van der Waals surface area contributed by atoms with Crippen molar-refractivity contribution in [3.05, 3.63) is 223 Å². The second kappa shape index (κ2) is 14.1. The van der Waals surface area contributed by atoms with Gasteiger partial charge in [-0.25, -0.2) is 4.98 Å². The molecule has 0 saturated heterocycles. The first-order chi connectivity index (χ1) is 31.2. The van der Waals surface area contributed by atoms with Crippen LogP contribution >= 0.6 is 0 Å². The van der Waals surface area contributed by atoms with Crippen molar-refractivity contribution in [1.82, 2.24) is 19.5 Å². The molecule has 3 aromatic heterocycles. The van der Waals surface area contributed by atoms with Gasteiger partial charge in [-0.2, -0.15) is 9.97 Å². The first kappa shape index (κ1) is 35.4. The van der Waals surface area contributed by atoms with Crippen molar-refractivity contribution in [2.24, 2.45) is 0 Å².